The predicted molar refractivity (Wildman–Crippen MR) is 97.0 cm³/mol. The molecular weight excluding hydrogens is 280 g/mol. The first-order valence-electron chi connectivity index (χ1n) is 9.04. The van der Waals surface area contributed by atoms with Gasteiger partial charge in [0.25, 0.3) is 0 Å². The first kappa shape index (κ1) is 15.2. The third-order valence-electron chi connectivity index (χ3n) is 7.17. The Morgan fingerprint density at radius 2 is 1.68 bits per heavy atom. The third kappa shape index (κ3) is 2.30. The molecule has 0 saturated heterocycles. The van der Waals surface area contributed by atoms with Gasteiger partial charge >= 0.3 is 0 Å². The molecule has 1 heteroatoms. The van der Waals surface area contributed by atoms with E-state index in [0.29, 0.717) is 5.41 Å². The van der Waals surface area contributed by atoms with Gasteiger partial charge in [-0.1, -0.05) is 63.7 Å². The Morgan fingerprint density at radius 3 is 2.23 bits per heavy atom. The van der Waals surface area contributed by atoms with Gasteiger partial charge in [0.05, 0.1) is 8.07 Å². The molecule has 5 radical (unpaired) electrons. The maximum Gasteiger partial charge on any atom is 0.0550 e. The first-order valence-corrected chi connectivity index (χ1v) is 12.2. The molecule has 0 unspecified atom stereocenters. The van der Waals surface area contributed by atoms with Crippen LogP contribution in [0.4, 0.5) is 0 Å². The van der Waals surface area contributed by atoms with Crippen molar-refractivity contribution in [3.63, 3.8) is 0 Å². The Kier molecular flexibility index (Phi) is 3.53. The molecule has 0 spiro atoms. The van der Waals surface area contributed by atoms with Crippen molar-refractivity contribution in [1.82, 2.24) is 0 Å². The normalized spacial score (nSPS) is 38.1. The highest BCUT2D eigenvalue weighted by Gasteiger charge is 2.55. The summed E-state index contributed by atoms with van der Waals surface area (Å²) in [4.78, 5) is 0. The van der Waals surface area contributed by atoms with Crippen molar-refractivity contribution in [2.24, 2.45) is 23.2 Å². The molecule has 5 rings (SSSR count). The smallest absolute Gasteiger partial charge is 0.0550 e. The van der Waals surface area contributed by atoms with Crippen molar-refractivity contribution >= 4 is 8.07 Å². The lowest BCUT2D eigenvalue weighted by Crippen LogP contribution is -2.54. The fourth-order valence-electron chi connectivity index (χ4n) is 5.52. The highest BCUT2D eigenvalue weighted by atomic mass is 28.3. The molecule has 0 aromatic heterocycles. The van der Waals surface area contributed by atoms with Gasteiger partial charge in [-0.25, -0.2) is 0 Å². The number of hydrogen-bond acceptors (Lipinski definition) is 0. The van der Waals surface area contributed by atoms with Crippen molar-refractivity contribution in [3.05, 3.63) is 54.5 Å². The molecule has 3 atom stereocenters. The van der Waals surface area contributed by atoms with Crippen LogP contribution in [0.25, 0.3) is 0 Å². The van der Waals surface area contributed by atoms with Gasteiger partial charge in [0, 0.05) is 11.8 Å². The number of hydrogen-bond donors (Lipinski definition) is 0. The molecule has 0 aromatic rings. The largest absolute Gasteiger partial charge is 0.0762 e. The van der Waals surface area contributed by atoms with Gasteiger partial charge in [-0.15, -0.1) is 0 Å². The van der Waals surface area contributed by atoms with Crippen molar-refractivity contribution in [2.75, 3.05) is 0 Å². The highest BCUT2D eigenvalue weighted by molar-refractivity contribution is 6.84. The standard InChI is InChI=1S/C21H29Si/c1-21(2)18-10-9-17(20(21)13-18)14-22(3,4)19-11-15-7-5-6-8-16(15)12-19/h5-8,11-12,17-18,20H,9-10,13-14H2,1-4H3/t17-,18+,20+/m1/s1. The van der Waals surface area contributed by atoms with E-state index in [-0.39, 0.29) is 0 Å². The second kappa shape index (κ2) is 5.10. The summed E-state index contributed by atoms with van der Waals surface area (Å²) in [6.07, 6.45) is 18.3. The van der Waals surface area contributed by atoms with E-state index in [1.54, 1.807) is 5.54 Å². The molecule has 0 aliphatic heterocycles. The number of allylic oxidation sites excluding steroid dienone is 4. The summed E-state index contributed by atoms with van der Waals surface area (Å²) in [6.45, 7) is 10.3. The fourth-order valence-corrected chi connectivity index (χ4v) is 8.65. The maximum atomic E-state index is 2.60. The molecule has 5 aliphatic rings. The van der Waals surface area contributed by atoms with Crippen LogP contribution < -0.4 is 0 Å². The Labute approximate surface area is 138 Å². The average molecular weight is 310 g/mol. The molecule has 0 heterocycles. The molecule has 0 amide bonds. The minimum absolute atomic E-state index is 0.629. The monoisotopic (exact) mass is 309 g/mol. The summed E-state index contributed by atoms with van der Waals surface area (Å²) in [7, 11) is -1.33. The Bertz CT molecular complexity index is 476. The van der Waals surface area contributed by atoms with Gasteiger partial charge in [-0.05, 0) is 54.4 Å². The van der Waals surface area contributed by atoms with Crippen LogP contribution in [0.3, 0.4) is 0 Å². The SMILES string of the molecule is CC1(C)[C@H]2CC[C@H](C[Si](C)(C)[C]3[CH][C]4C=CC=C[C]4[CH]3)[C@@H]1C2. The molecule has 4 fully saturated rings. The molecule has 22 heavy (non-hydrogen) atoms. The summed E-state index contributed by atoms with van der Waals surface area (Å²) in [5.74, 6) is 5.89. The van der Waals surface area contributed by atoms with Crippen molar-refractivity contribution < 1.29 is 0 Å². The molecule has 0 N–H and O–H groups in total. The van der Waals surface area contributed by atoms with Gasteiger partial charge < -0.3 is 0 Å². The van der Waals surface area contributed by atoms with Gasteiger partial charge in [-0.3, -0.25) is 0 Å². The first-order chi connectivity index (χ1) is 10.4. The summed E-state index contributed by atoms with van der Waals surface area (Å²) < 4.78 is 0. The van der Waals surface area contributed by atoms with Crippen LogP contribution in [0, 0.1) is 53.4 Å². The second-order valence-corrected chi connectivity index (χ2v) is 13.9. The van der Waals surface area contributed by atoms with Crippen LogP contribution in [-0.4, -0.2) is 8.07 Å². The van der Waals surface area contributed by atoms with Gasteiger partial charge in [0.1, 0.15) is 0 Å². The van der Waals surface area contributed by atoms with Crippen LogP contribution >= 0.6 is 0 Å². The van der Waals surface area contributed by atoms with Gasteiger partial charge in [0.15, 0.2) is 0 Å². The van der Waals surface area contributed by atoms with Crippen LogP contribution in [-0.2, 0) is 0 Å². The van der Waals surface area contributed by atoms with E-state index in [4.69, 9.17) is 0 Å². The van der Waals surface area contributed by atoms with E-state index in [0.717, 1.165) is 17.8 Å². The fraction of sp³-hybridized carbons (Fsp3) is 0.571. The number of rotatable bonds is 3. The van der Waals surface area contributed by atoms with E-state index in [2.05, 4.69) is 64.1 Å². The van der Waals surface area contributed by atoms with Crippen LogP contribution in [0.1, 0.15) is 33.1 Å². The molecule has 5 aliphatic carbocycles. The molecule has 0 nitrogen and oxygen atoms in total. The lowest BCUT2D eigenvalue weighted by atomic mass is 9.46. The summed E-state index contributed by atoms with van der Waals surface area (Å²) in [5, 5.41) is 0. The zero-order valence-electron chi connectivity index (χ0n) is 14.5. The van der Waals surface area contributed by atoms with E-state index in [1.807, 2.05) is 0 Å². The van der Waals surface area contributed by atoms with E-state index >= 15 is 0 Å². The van der Waals surface area contributed by atoms with Crippen LogP contribution in [0.15, 0.2) is 24.3 Å². The zero-order valence-corrected chi connectivity index (χ0v) is 15.5. The minimum Gasteiger partial charge on any atom is -0.0762 e. The summed E-state index contributed by atoms with van der Waals surface area (Å²) in [5.41, 5.74) is 2.30. The Hall–Kier alpha value is -0.303. The van der Waals surface area contributed by atoms with Gasteiger partial charge in [0.2, 0.25) is 0 Å². The minimum atomic E-state index is -1.33. The lowest BCUT2D eigenvalue weighted by Gasteiger charge is -2.61. The van der Waals surface area contributed by atoms with E-state index < -0.39 is 8.07 Å². The Balaban J connectivity index is 1.43. The van der Waals surface area contributed by atoms with Crippen LogP contribution in [0.5, 0.6) is 0 Å². The average Bonchev–Trinajstić information content (AvgIpc) is 2.91. The molecular formula is C21H29Si. The van der Waals surface area contributed by atoms with Crippen molar-refractivity contribution in [3.8, 4) is 0 Å². The quantitative estimate of drug-likeness (QED) is 0.597. The van der Waals surface area contributed by atoms with Crippen LogP contribution in [0.2, 0.25) is 19.1 Å². The summed E-state index contributed by atoms with van der Waals surface area (Å²) >= 11 is 0. The predicted octanol–water partition coefficient (Wildman–Crippen LogP) is 5.58. The topological polar surface area (TPSA) is 0 Å². The Morgan fingerprint density at radius 1 is 1.05 bits per heavy atom. The lowest BCUT2D eigenvalue weighted by molar-refractivity contribution is -0.0990. The summed E-state index contributed by atoms with van der Waals surface area (Å²) in [6, 6.07) is 1.49. The van der Waals surface area contributed by atoms with Gasteiger partial charge in [-0.2, -0.15) is 0 Å². The number of fused-ring (bicyclic) bond motifs is 3. The van der Waals surface area contributed by atoms with E-state index in [9.17, 15) is 0 Å². The third-order valence-corrected chi connectivity index (χ3v) is 10.6. The van der Waals surface area contributed by atoms with Crippen molar-refractivity contribution in [1.29, 1.82) is 0 Å². The maximum absolute atomic E-state index is 2.60. The van der Waals surface area contributed by atoms with Crippen molar-refractivity contribution in [2.45, 2.75) is 52.2 Å². The van der Waals surface area contributed by atoms with E-state index in [1.165, 1.54) is 37.1 Å². The zero-order chi connectivity index (χ0) is 15.5. The molecule has 4 saturated carbocycles. The molecule has 0 aromatic carbocycles. The highest BCUT2D eigenvalue weighted by Crippen LogP contribution is 2.63. The second-order valence-electron chi connectivity index (χ2n) is 9.16. The molecule has 117 valence electrons. The molecule has 2 bridgehead atoms.